The van der Waals surface area contributed by atoms with E-state index in [1.54, 1.807) is 0 Å². The molecule has 0 atom stereocenters. The van der Waals surface area contributed by atoms with E-state index in [1.165, 1.54) is 0 Å². The van der Waals surface area contributed by atoms with Gasteiger partial charge in [0.05, 0.1) is 33.6 Å². The zero-order valence-corrected chi connectivity index (χ0v) is 84.9. The third-order valence-electron chi connectivity index (χ3n) is 27.3. The Morgan fingerprint density at radius 2 is 0.408 bits per heavy atom. The Morgan fingerprint density at radius 1 is 0.197 bits per heavy atom. The van der Waals surface area contributed by atoms with Crippen LogP contribution in [0, 0.1) is 0 Å². The Bertz CT molecular complexity index is 8170. The summed E-state index contributed by atoms with van der Waals surface area (Å²) in [7, 11) is -1.47. The van der Waals surface area contributed by atoms with Gasteiger partial charge in [0.2, 0.25) is 0 Å². The standard InChI is InChI=1S/C50H30N4O2.C28H25BN2O3.C22H13BrN2O.C12H24B2O4.C6H4Br2/c1-3-17-31(18-4-1)49-51-43(47-45(53-49)39-27-13-15-29-41(39)55-47)37-25-11-9-23-35(37)33-21-7-8-22-34(33)36-24-10-12-26-38(36)44-48-46(40-28-14-16-30-42(40)56-48)54-50(52-44)32-19-5-2-6-20-32;1-27(2)28(3,4)34-29(33-27)21-16-10-8-14-19(21)23-25-24(20-15-9-11-17-22(20)32-25)31-26(30-23)18-12-6-5-7-13-18;23-17-12-6-4-10-15(17)19-21-20(16-11-5-7-13-18(16)26-21)25-22(24-19)14-8-2-1-3-9-14;1-9(2)10(3,4)16-13(15-9)14-17-11(5,6)12(7,8)18-14;7-5-3-1-2-4-6(5)8/h1-30H;5-17H,1-4H3;1-13H;1-8H3;1-4H. The summed E-state index contributed by atoms with van der Waals surface area (Å²) in [6, 6.07) is 122. The topological polar surface area (TPSA) is 211 Å². The van der Waals surface area contributed by atoms with Crippen LogP contribution in [0.3, 0.4) is 0 Å². The summed E-state index contributed by atoms with van der Waals surface area (Å²) in [5.74, 6) is 2.62. The van der Waals surface area contributed by atoms with E-state index in [4.69, 9.17) is 85.5 Å². The molecule has 24 heteroatoms. The number of rotatable bonds is 12. The molecule has 698 valence electrons. The van der Waals surface area contributed by atoms with Gasteiger partial charge in [-0.2, -0.15) is 0 Å². The van der Waals surface area contributed by atoms with Crippen molar-refractivity contribution in [2.45, 2.75) is 117 Å². The van der Waals surface area contributed by atoms with Crippen molar-refractivity contribution in [3.05, 3.63) is 377 Å². The molecule has 0 N–H and O–H groups in total. The van der Waals surface area contributed by atoms with Crippen molar-refractivity contribution in [2.75, 3.05) is 0 Å². The lowest BCUT2D eigenvalue weighted by Crippen LogP contribution is -2.41. The molecule has 0 radical (unpaired) electrons. The van der Waals surface area contributed by atoms with Crippen LogP contribution in [0.5, 0.6) is 0 Å². The lowest BCUT2D eigenvalue weighted by molar-refractivity contribution is 0.00578. The lowest BCUT2D eigenvalue weighted by atomic mass is 9.49. The second-order valence-electron chi connectivity index (χ2n) is 38.1. The summed E-state index contributed by atoms with van der Waals surface area (Å²) in [5.41, 5.74) is 22.2. The van der Waals surface area contributed by atoms with E-state index in [9.17, 15) is 0 Å². The molecule has 22 aromatic rings. The minimum atomic E-state index is -0.518. The second-order valence-corrected chi connectivity index (χ2v) is 40.7. The summed E-state index contributed by atoms with van der Waals surface area (Å²) in [4.78, 5) is 40.3. The molecule has 0 bridgehead atoms. The number of halogens is 3. The van der Waals surface area contributed by atoms with Gasteiger partial charge in [0, 0.05) is 79.5 Å². The van der Waals surface area contributed by atoms with Crippen molar-refractivity contribution in [3.63, 3.8) is 0 Å². The highest BCUT2D eigenvalue weighted by Crippen LogP contribution is 2.50. The zero-order valence-electron chi connectivity index (χ0n) is 80.2. The first-order valence-electron chi connectivity index (χ1n) is 47.2. The van der Waals surface area contributed by atoms with E-state index < -0.39 is 32.3 Å². The Labute approximate surface area is 848 Å². The van der Waals surface area contributed by atoms with Gasteiger partial charge in [-0.05, 0) is 209 Å². The largest absolute Gasteiger partial charge is 0.495 e. The van der Waals surface area contributed by atoms with E-state index in [2.05, 4.69) is 160 Å². The van der Waals surface area contributed by atoms with Crippen LogP contribution in [-0.2, 0) is 27.9 Å². The lowest BCUT2D eigenvalue weighted by Gasteiger charge is -2.32. The van der Waals surface area contributed by atoms with Crippen LogP contribution in [-0.4, -0.2) is 94.6 Å². The maximum Gasteiger partial charge on any atom is 0.495 e. The van der Waals surface area contributed by atoms with Crippen molar-refractivity contribution in [1.29, 1.82) is 0 Å². The molecule has 18 nitrogen and oxygen atoms in total. The molecule has 0 spiro atoms. The zero-order chi connectivity index (χ0) is 98.0. The van der Waals surface area contributed by atoms with Crippen LogP contribution in [0.1, 0.15) is 83.1 Å². The second kappa shape index (κ2) is 38.4. The molecular weight excluding hydrogens is 1960 g/mol. The Balaban J connectivity index is 0.000000118. The minimum Gasteiger partial charge on any atom is -0.452 e. The van der Waals surface area contributed by atoms with Gasteiger partial charge in [0.1, 0.15) is 67.2 Å². The van der Waals surface area contributed by atoms with Crippen molar-refractivity contribution in [3.8, 4) is 113 Å². The molecule has 3 aliphatic heterocycles. The number of aromatic nitrogens is 8. The predicted molar refractivity (Wildman–Crippen MR) is 583 cm³/mol. The van der Waals surface area contributed by atoms with Gasteiger partial charge in [-0.1, -0.05) is 313 Å². The number of fused-ring (bicyclic) bond motifs is 12. The Kier molecular flexibility index (Phi) is 25.5. The molecular formula is C118H96B3Br3N8O10. The smallest absolute Gasteiger partial charge is 0.452 e. The van der Waals surface area contributed by atoms with Crippen LogP contribution in [0.25, 0.3) is 201 Å². The number of para-hydroxylation sites is 4. The molecule has 142 heavy (non-hydrogen) atoms. The molecule has 25 rings (SSSR count). The SMILES string of the molecule is Brc1ccccc1-c1nc(-c2ccccc2)nc2c1oc1ccccc12.Brc1ccccc1Br.CC1(C)OB(B2OC(C)(C)C(C)(C)O2)OC1(C)C.CC1(C)OB(c2ccccc2-c2nc(-c3ccccc3)nc3c2oc2ccccc23)OC1(C)C.c1ccc(-c2nc(-c3ccccc3-c3ccccc3-c3ccccc3-c3nc(-c4ccccc4)nc4c3oc3ccccc34)c3oc4ccccc4c3n2)cc1. The first-order valence-corrected chi connectivity index (χ1v) is 49.6. The summed E-state index contributed by atoms with van der Waals surface area (Å²) >= 11 is 10.3. The minimum absolute atomic E-state index is 0.360. The maximum atomic E-state index is 6.58. The van der Waals surface area contributed by atoms with Crippen LogP contribution in [0.2, 0.25) is 0 Å². The average Bonchev–Trinajstić information content (AvgIpc) is 1.03. The quantitative estimate of drug-likeness (QED) is 0.104. The van der Waals surface area contributed by atoms with Gasteiger partial charge in [-0.25, -0.2) is 39.9 Å². The molecule has 3 aliphatic rings. The molecule has 0 amide bonds. The molecule has 3 saturated heterocycles. The highest BCUT2D eigenvalue weighted by Gasteiger charge is 2.64. The number of hydrogen-bond donors (Lipinski definition) is 0. The van der Waals surface area contributed by atoms with Crippen molar-refractivity contribution >= 4 is 163 Å². The Hall–Kier alpha value is -14.0. The third kappa shape index (κ3) is 18.2. The van der Waals surface area contributed by atoms with Crippen LogP contribution >= 0.6 is 47.8 Å². The fraction of sp³-hybridized carbons (Fsp3) is 0.153. The van der Waals surface area contributed by atoms with E-state index in [0.717, 1.165) is 174 Å². The fourth-order valence-corrected chi connectivity index (χ4v) is 18.8. The number of furan rings is 4. The normalized spacial score (nSPS) is 15.3. The van der Waals surface area contributed by atoms with Gasteiger partial charge >= 0.3 is 21.1 Å². The van der Waals surface area contributed by atoms with Crippen LogP contribution in [0.15, 0.2) is 395 Å². The average molecular weight is 2060 g/mol. The van der Waals surface area contributed by atoms with Crippen LogP contribution < -0.4 is 5.46 Å². The van der Waals surface area contributed by atoms with Gasteiger partial charge < -0.3 is 45.6 Å². The maximum absolute atomic E-state index is 6.58. The van der Waals surface area contributed by atoms with Gasteiger partial charge in [-0.3, -0.25) is 0 Å². The monoisotopic (exact) mass is 2050 g/mol. The molecule has 11 heterocycles. The fourth-order valence-electron chi connectivity index (χ4n) is 17.7. The van der Waals surface area contributed by atoms with Gasteiger partial charge in [-0.15, -0.1) is 0 Å². The summed E-state index contributed by atoms with van der Waals surface area (Å²) in [6.07, 6.45) is 0. The van der Waals surface area contributed by atoms with Crippen molar-refractivity contribution in [1.82, 2.24) is 39.9 Å². The summed E-state index contributed by atoms with van der Waals surface area (Å²) < 4.78 is 65.4. The number of hydrogen-bond acceptors (Lipinski definition) is 18. The van der Waals surface area contributed by atoms with E-state index in [-0.39, 0.29) is 22.4 Å². The highest BCUT2D eigenvalue weighted by molar-refractivity contribution is 9.13. The molecule has 0 aliphatic carbocycles. The van der Waals surface area contributed by atoms with Crippen molar-refractivity contribution < 1.29 is 45.6 Å². The Morgan fingerprint density at radius 3 is 0.697 bits per heavy atom. The van der Waals surface area contributed by atoms with E-state index in [1.807, 2.05) is 334 Å². The molecule has 0 unspecified atom stereocenters. The first-order chi connectivity index (χ1) is 68.6. The summed E-state index contributed by atoms with van der Waals surface area (Å²) in [5, 5.41) is 3.86. The van der Waals surface area contributed by atoms with E-state index in [0.29, 0.717) is 45.6 Å². The summed E-state index contributed by atoms with van der Waals surface area (Å²) in [6.45, 7) is 24.5. The predicted octanol–water partition coefficient (Wildman–Crippen LogP) is 31.0. The first kappa shape index (κ1) is 94.2. The van der Waals surface area contributed by atoms with Gasteiger partial charge in [0.25, 0.3) is 0 Å². The van der Waals surface area contributed by atoms with Crippen LogP contribution in [0.4, 0.5) is 0 Å². The van der Waals surface area contributed by atoms with Gasteiger partial charge in [0.15, 0.2) is 45.6 Å². The third-order valence-corrected chi connectivity index (χ3v) is 29.9. The number of nitrogens with zero attached hydrogens (tertiary/aromatic N) is 8. The number of benzene rings is 14. The highest BCUT2D eigenvalue weighted by atomic mass is 79.9. The van der Waals surface area contributed by atoms with E-state index >= 15 is 0 Å². The van der Waals surface area contributed by atoms with Crippen molar-refractivity contribution in [2.24, 2.45) is 0 Å². The molecule has 3 fully saturated rings. The molecule has 0 saturated carbocycles. The molecule has 14 aromatic carbocycles. The molecule has 8 aromatic heterocycles.